The average Bonchev–Trinajstić information content (AvgIpc) is 2.58. The molecule has 5 heteroatoms. The molecule has 1 amide bonds. The molecule has 1 unspecified atom stereocenters. The molecule has 0 aromatic heterocycles. The summed E-state index contributed by atoms with van der Waals surface area (Å²) in [6.07, 6.45) is 6.82. The molecule has 1 aromatic rings. The van der Waals surface area contributed by atoms with Gasteiger partial charge in [-0.2, -0.15) is 0 Å². The number of amides is 1. The Bertz CT molecular complexity index is 582. The summed E-state index contributed by atoms with van der Waals surface area (Å²) in [6, 6.07) is 7.53. The van der Waals surface area contributed by atoms with Crippen LogP contribution in [0.1, 0.15) is 37.7 Å². The van der Waals surface area contributed by atoms with Gasteiger partial charge in [-0.15, -0.1) is 0 Å². The van der Waals surface area contributed by atoms with Crippen molar-refractivity contribution in [1.82, 2.24) is 4.90 Å². The highest BCUT2D eigenvalue weighted by Gasteiger charge is 2.25. The summed E-state index contributed by atoms with van der Waals surface area (Å²) >= 11 is 0. The molecule has 1 aliphatic heterocycles. The number of carbonyl (C=O) groups excluding carboxylic acids is 1. The average molecular weight is 317 g/mol. The molecule has 2 rings (SSSR count). The maximum atomic E-state index is 12.5. The number of likely N-dealkylation sites (tertiary alicyclic amines) is 1. The van der Waals surface area contributed by atoms with Gasteiger partial charge in [-0.25, -0.2) is 0 Å². The van der Waals surface area contributed by atoms with Gasteiger partial charge in [0.25, 0.3) is 0 Å². The lowest BCUT2D eigenvalue weighted by Gasteiger charge is -2.35. The Labute approximate surface area is 136 Å². The van der Waals surface area contributed by atoms with Crippen molar-refractivity contribution in [2.24, 2.45) is 0 Å². The minimum atomic E-state index is -0.812. The fourth-order valence-electron chi connectivity index (χ4n) is 2.94. The van der Waals surface area contributed by atoms with E-state index in [0.717, 1.165) is 30.6 Å². The van der Waals surface area contributed by atoms with Gasteiger partial charge in [0.15, 0.2) is 0 Å². The van der Waals surface area contributed by atoms with Crippen molar-refractivity contribution in [3.05, 3.63) is 35.9 Å². The van der Waals surface area contributed by atoms with Crippen LogP contribution in [0.25, 0.3) is 6.08 Å². The van der Waals surface area contributed by atoms with Crippen LogP contribution in [0.2, 0.25) is 0 Å². The van der Waals surface area contributed by atoms with Gasteiger partial charge in [0.05, 0.1) is 7.11 Å². The first kappa shape index (κ1) is 17.1. The number of piperidine rings is 1. The molecule has 0 aliphatic carbocycles. The minimum absolute atomic E-state index is 0.0228. The molecule has 1 aliphatic rings. The molecule has 0 spiro atoms. The maximum absolute atomic E-state index is 12.5. The quantitative estimate of drug-likeness (QED) is 0.819. The topological polar surface area (TPSA) is 66.8 Å². The number of benzene rings is 1. The van der Waals surface area contributed by atoms with E-state index in [0.29, 0.717) is 13.0 Å². The van der Waals surface area contributed by atoms with E-state index in [4.69, 9.17) is 9.84 Å². The van der Waals surface area contributed by atoms with Crippen LogP contribution in [0.3, 0.4) is 0 Å². The third kappa shape index (κ3) is 4.84. The number of rotatable bonds is 6. The van der Waals surface area contributed by atoms with Gasteiger partial charge in [0.2, 0.25) is 5.91 Å². The summed E-state index contributed by atoms with van der Waals surface area (Å²) in [5, 5.41) is 8.85. The largest absolute Gasteiger partial charge is 0.496 e. The Morgan fingerprint density at radius 1 is 1.35 bits per heavy atom. The van der Waals surface area contributed by atoms with Gasteiger partial charge in [-0.05, 0) is 37.8 Å². The number of nitrogens with zero attached hydrogens (tertiary/aromatic N) is 1. The smallest absolute Gasteiger partial charge is 0.303 e. The molecule has 1 atom stereocenters. The molecule has 0 radical (unpaired) electrons. The molecule has 0 saturated carbocycles. The second-order valence-corrected chi connectivity index (χ2v) is 5.69. The highest BCUT2D eigenvalue weighted by atomic mass is 16.5. The zero-order valence-corrected chi connectivity index (χ0v) is 13.4. The number of methoxy groups -OCH3 is 1. The molecule has 1 aromatic carbocycles. The fourth-order valence-corrected chi connectivity index (χ4v) is 2.94. The van der Waals surface area contributed by atoms with Gasteiger partial charge in [-0.3, -0.25) is 9.59 Å². The Kier molecular flexibility index (Phi) is 6.20. The first-order chi connectivity index (χ1) is 11.1. The van der Waals surface area contributed by atoms with Gasteiger partial charge < -0.3 is 14.7 Å². The number of carboxylic acid groups (broad SMARTS) is 1. The van der Waals surface area contributed by atoms with Crippen molar-refractivity contribution < 1.29 is 19.4 Å². The summed E-state index contributed by atoms with van der Waals surface area (Å²) in [5.74, 6) is -0.156. The standard InChI is InChI=1S/C18H23NO4/c1-23-16-8-3-2-6-14(16)9-11-17(20)19-13-5-4-7-15(19)10-12-18(21)22/h2-3,6,8-9,11,15H,4-5,7,10,12-13H2,1H3,(H,21,22)/b11-9+. The van der Waals surface area contributed by atoms with Crippen molar-refractivity contribution >= 4 is 18.0 Å². The first-order valence-corrected chi connectivity index (χ1v) is 7.95. The molecule has 23 heavy (non-hydrogen) atoms. The van der Waals surface area contributed by atoms with Gasteiger partial charge in [0.1, 0.15) is 5.75 Å². The third-order valence-electron chi connectivity index (χ3n) is 4.15. The van der Waals surface area contributed by atoms with Gasteiger partial charge >= 0.3 is 5.97 Å². The van der Waals surface area contributed by atoms with E-state index in [2.05, 4.69) is 0 Å². The Hall–Kier alpha value is -2.30. The normalized spacial score (nSPS) is 18.1. The molecule has 1 saturated heterocycles. The SMILES string of the molecule is COc1ccccc1/C=C/C(=O)N1CCCCC1CCC(=O)O. The lowest BCUT2D eigenvalue weighted by Crippen LogP contribution is -2.43. The summed E-state index contributed by atoms with van der Waals surface area (Å²) in [6.45, 7) is 0.694. The van der Waals surface area contributed by atoms with Crippen molar-refractivity contribution in [2.45, 2.75) is 38.1 Å². The van der Waals surface area contributed by atoms with E-state index in [1.807, 2.05) is 24.3 Å². The van der Waals surface area contributed by atoms with Crippen LogP contribution in [0, 0.1) is 0 Å². The predicted molar refractivity (Wildman–Crippen MR) is 88.2 cm³/mol. The molecular weight excluding hydrogens is 294 g/mol. The van der Waals surface area contributed by atoms with Crippen LogP contribution in [0.4, 0.5) is 0 Å². The molecule has 0 bridgehead atoms. The highest BCUT2D eigenvalue weighted by Crippen LogP contribution is 2.23. The minimum Gasteiger partial charge on any atom is -0.496 e. The van der Waals surface area contributed by atoms with Crippen molar-refractivity contribution in [3.8, 4) is 5.75 Å². The van der Waals surface area contributed by atoms with Crippen molar-refractivity contribution in [1.29, 1.82) is 0 Å². The summed E-state index contributed by atoms with van der Waals surface area (Å²) < 4.78 is 5.27. The van der Waals surface area contributed by atoms with Gasteiger partial charge in [-0.1, -0.05) is 18.2 Å². The number of hydrogen-bond donors (Lipinski definition) is 1. The molecule has 1 heterocycles. The number of aliphatic carboxylic acids is 1. The third-order valence-corrected chi connectivity index (χ3v) is 4.15. The first-order valence-electron chi connectivity index (χ1n) is 7.95. The Morgan fingerprint density at radius 3 is 2.87 bits per heavy atom. The van der Waals surface area contributed by atoms with E-state index < -0.39 is 5.97 Å². The summed E-state index contributed by atoms with van der Waals surface area (Å²) in [4.78, 5) is 25.0. The van der Waals surface area contributed by atoms with E-state index in [1.54, 1.807) is 24.2 Å². The van der Waals surface area contributed by atoms with E-state index in [9.17, 15) is 9.59 Å². The van der Waals surface area contributed by atoms with Crippen LogP contribution < -0.4 is 4.74 Å². The number of hydrogen-bond acceptors (Lipinski definition) is 3. The lowest BCUT2D eigenvalue weighted by molar-refractivity contribution is -0.138. The van der Waals surface area contributed by atoms with Crippen LogP contribution in [-0.4, -0.2) is 41.6 Å². The lowest BCUT2D eigenvalue weighted by atomic mass is 9.97. The van der Waals surface area contributed by atoms with Crippen LogP contribution in [0.15, 0.2) is 30.3 Å². The Morgan fingerprint density at radius 2 is 2.13 bits per heavy atom. The van der Waals surface area contributed by atoms with Gasteiger partial charge in [0, 0.05) is 30.6 Å². The van der Waals surface area contributed by atoms with E-state index in [1.165, 1.54) is 0 Å². The summed E-state index contributed by atoms with van der Waals surface area (Å²) in [5.41, 5.74) is 0.849. The van der Waals surface area contributed by atoms with E-state index >= 15 is 0 Å². The van der Waals surface area contributed by atoms with E-state index in [-0.39, 0.29) is 18.4 Å². The molecule has 5 nitrogen and oxygen atoms in total. The zero-order chi connectivity index (χ0) is 16.7. The predicted octanol–water partition coefficient (Wildman–Crippen LogP) is 2.95. The summed E-state index contributed by atoms with van der Waals surface area (Å²) in [7, 11) is 1.60. The van der Waals surface area contributed by atoms with Crippen molar-refractivity contribution in [2.75, 3.05) is 13.7 Å². The Balaban J connectivity index is 2.04. The molecule has 1 N–H and O–H groups in total. The zero-order valence-electron chi connectivity index (χ0n) is 13.4. The van der Waals surface area contributed by atoms with Crippen LogP contribution in [0.5, 0.6) is 5.75 Å². The second kappa shape index (κ2) is 8.36. The number of carbonyl (C=O) groups is 2. The number of carboxylic acids is 1. The van der Waals surface area contributed by atoms with Crippen LogP contribution in [-0.2, 0) is 9.59 Å². The number of ether oxygens (including phenoxy) is 1. The maximum Gasteiger partial charge on any atom is 0.303 e. The van der Waals surface area contributed by atoms with Crippen LogP contribution >= 0.6 is 0 Å². The second-order valence-electron chi connectivity index (χ2n) is 5.69. The molecule has 1 fully saturated rings. The molecule has 124 valence electrons. The van der Waals surface area contributed by atoms with Crippen molar-refractivity contribution in [3.63, 3.8) is 0 Å². The number of para-hydroxylation sites is 1. The monoisotopic (exact) mass is 317 g/mol. The molecular formula is C18H23NO4. The highest BCUT2D eigenvalue weighted by molar-refractivity contribution is 5.92. The fraction of sp³-hybridized carbons (Fsp3) is 0.444.